The van der Waals surface area contributed by atoms with Crippen molar-refractivity contribution in [3.05, 3.63) is 29.3 Å². The van der Waals surface area contributed by atoms with Crippen LogP contribution in [0.25, 0.3) is 22.3 Å². The third-order valence-electron chi connectivity index (χ3n) is 7.59. The normalized spacial score (nSPS) is 35.2. The molecule has 0 aliphatic carbocycles. The van der Waals surface area contributed by atoms with Crippen LogP contribution in [0, 0.1) is 5.92 Å². The molecule has 0 spiro atoms. The van der Waals surface area contributed by atoms with Crippen molar-refractivity contribution in [3.8, 4) is 0 Å². The number of halogens is 3. The largest absolute Gasteiger partial charge is 0.382 e. The topological polar surface area (TPSA) is 216 Å². The molecule has 4 aromatic rings. The van der Waals surface area contributed by atoms with Crippen LogP contribution in [0.1, 0.15) is 12.5 Å². The van der Waals surface area contributed by atoms with Gasteiger partial charge < -0.3 is 30.4 Å². The van der Waals surface area contributed by atoms with Crippen LogP contribution < -0.4 is 17.0 Å². The summed E-state index contributed by atoms with van der Waals surface area (Å²) in [5, 5.41) is 0. The smallest absolute Gasteiger partial charge is 0.325 e. The van der Waals surface area contributed by atoms with Gasteiger partial charge >= 0.3 is 12.6 Å². The highest BCUT2D eigenvalue weighted by molar-refractivity contribution is 8.07. The molecule has 0 aromatic carbocycles. The third kappa shape index (κ3) is 4.80. The monoisotopic (exact) mass is 662 g/mol. The van der Waals surface area contributed by atoms with Gasteiger partial charge in [-0.15, -0.1) is 8.58 Å². The van der Waals surface area contributed by atoms with Crippen LogP contribution in [0.5, 0.6) is 0 Å². The minimum Gasteiger partial charge on any atom is -0.382 e. The number of aromatic amines is 1. The maximum atomic E-state index is 16.0. The number of nitrogen functional groups attached to an aromatic ring is 2. The molecule has 4 aromatic heterocycles. The molecule has 3 aliphatic heterocycles. The fraction of sp³-hybridized carbons (Fsp3) is 0.524. The number of aromatic nitrogens is 8. The van der Waals surface area contributed by atoms with Gasteiger partial charge in [-0.25, -0.2) is 33.1 Å². The number of H-pyrrole nitrogens is 1. The average molecular weight is 662 g/mol. The molecular formula is C21H23F3N10O6P2S. The molecule has 3 saturated heterocycles. The average Bonchev–Trinajstić information content (AvgIpc) is 3.68. The molecule has 16 nitrogen and oxygen atoms in total. The molecule has 6 N–H and O–H groups in total. The number of hydrogen-bond donors (Lipinski definition) is 4. The highest BCUT2D eigenvalue weighted by atomic mass is 32.5. The predicted octanol–water partition coefficient (Wildman–Crippen LogP) is 0.819. The Morgan fingerprint density at radius 3 is 2.63 bits per heavy atom. The van der Waals surface area contributed by atoms with Gasteiger partial charge in [0.2, 0.25) is 5.95 Å². The molecular weight excluding hydrogens is 639 g/mol. The number of imidazole rings is 2. The van der Waals surface area contributed by atoms with E-state index in [4.69, 9.17) is 41.8 Å². The first-order valence-corrected chi connectivity index (χ1v) is 16.8. The number of ether oxygens (including phenoxy) is 2. The zero-order valence-electron chi connectivity index (χ0n) is 21.7. The Kier molecular flexibility index (Phi) is 6.98. The minimum absolute atomic E-state index is 0.107. The fourth-order valence-corrected chi connectivity index (χ4v) is 8.53. The zero-order valence-corrected chi connectivity index (χ0v) is 24.4. The van der Waals surface area contributed by atoms with E-state index in [1.807, 2.05) is 0 Å². The second-order valence-electron chi connectivity index (χ2n) is 10.2. The molecule has 3 unspecified atom stereocenters. The molecule has 9 atom stereocenters. The van der Waals surface area contributed by atoms with E-state index >= 15 is 13.2 Å². The van der Waals surface area contributed by atoms with Crippen LogP contribution in [0.3, 0.4) is 0 Å². The molecule has 3 fully saturated rings. The lowest BCUT2D eigenvalue weighted by Crippen LogP contribution is -2.42. The molecule has 7 rings (SSSR count). The molecule has 7 heterocycles. The number of rotatable bonds is 2. The van der Waals surface area contributed by atoms with Crippen molar-refractivity contribution in [1.29, 1.82) is 0 Å². The molecule has 0 amide bonds. The van der Waals surface area contributed by atoms with Gasteiger partial charge in [-0.1, -0.05) is 0 Å². The Labute approximate surface area is 245 Å². The first-order chi connectivity index (χ1) is 20.4. The van der Waals surface area contributed by atoms with Gasteiger partial charge in [0.1, 0.15) is 17.9 Å². The van der Waals surface area contributed by atoms with E-state index in [9.17, 15) is 9.69 Å². The number of nitrogens with two attached hydrogens (primary N) is 2. The summed E-state index contributed by atoms with van der Waals surface area (Å²) in [5.41, 5.74) is 11.0. The standard InChI is InChI=1S/C21H23F3N10O6P2S/c22-10-7-2-41-3-9-21(23,24)13(19(39-9)34-6-30-12-16(34)31-20(26)32-17(12)35)40-42(36,43)37-1-8(7)38-18(10)33-5-29-11-14(25)27-4-28-15(11)33/h4-10,13,18-19,41H,1-3H2,(H,36,43)(H2,25,27,28)(H3,26,31,32,35)/t7-,8-,9?,10+,13+,18-,19-,42?/m1/s1. The summed E-state index contributed by atoms with van der Waals surface area (Å²) in [6, 6.07) is 0. The van der Waals surface area contributed by atoms with Gasteiger partial charge in [0, 0.05) is 5.92 Å². The Hall–Kier alpha value is -2.83. The maximum Gasteiger partial charge on any atom is 0.325 e. The number of nitrogens with zero attached hydrogens (tertiary/aromatic N) is 7. The second-order valence-corrected chi connectivity index (χ2v) is 14.3. The molecule has 2 bridgehead atoms. The lowest BCUT2D eigenvalue weighted by Gasteiger charge is -2.29. The van der Waals surface area contributed by atoms with Gasteiger partial charge in [-0.05, 0) is 24.1 Å². The number of nitrogens with one attached hydrogen (secondary N) is 1. The highest BCUT2D eigenvalue weighted by Gasteiger charge is 2.62. The number of anilines is 2. The van der Waals surface area contributed by atoms with E-state index in [2.05, 4.69) is 29.9 Å². The van der Waals surface area contributed by atoms with Gasteiger partial charge in [-0.2, -0.15) is 4.98 Å². The Morgan fingerprint density at radius 1 is 1.09 bits per heavy atom. The van der Waals surface area contributed by atoms with Crippen molar-refractivity contribution < 1.29 is 36.6 Å². The van der Waals surface area contributed by atoms with Crippen LogP contribution in [0.4, 0.5) is 24.9 Å². The summed E-state index contributed by atoms with van der Waals surface area (Å²) >= 11 is 5.11. The molecule has 230 valence electrons. The number of hydrogen-bond acceptors (Lipinski definition) is 13. The molecule has 22 heteroatoms. The van der Waals surface area contributed by atoms with Crippen LogP contribution in [0.15, 0.2) is 23.8 Å². The van der Waals surface area contributed by atoms with Gasteiger partial charge in [0.15, 0.2) is 47.4 Å². The van der Waals surface area contributed by atoms with Crippen molar-refractivity contribution in [2.24, 2.45) is 5.92 Å². The summed E-state index contributed by atoms with van der Waals surface area (Å²) in [6.45, 7) is -4.85. The van der Waals surface area contributed by atoms with Gasteiger partial charge in [0.25, 0.3) is 5.56 Å². The van der Waals surface area contributed by atoms with Crippen LogP contribution >= 0.6 is 15.3 Å². The van der Waals surface area contributed by atoms with Crippen molar-refractivity contribution in [2.75, 3.05) is 30.4 Å². The Balaban J connectivity index is 1.19. The summed E-state index contributed by atoms with van der Waals surface area (Å²) < 4.78 is 72.8. The minimum atomic E-state index is -4.41. The maximum absolute atomic E-state index is 16.0. The van der Waals surface area contributed by atoms with Crippen LogP contribution in [-0.4, -0.2) is 93.3 Å². The van der Waals surface area contributed by atoms with E-state index in [0.29, 0.717) is 0 Å². The van der Waals surface area contributed by atoms with Crippen LogP contribution in [0.2, 0.25) is 0 Å². The molecule has 0 saturated carbocycles. The molecule has 3 aliphatic rings. The Bertz CT molecular complexity index is 1830. The van der Waals surface area contributed by atoms with Crippen molar-refractivity contribution in [1.82, 2.24) is 39.0 Å². The van der Waals surface area contributed by atoms with Gasteiger partial charge in [0.05, 0.1) is 25.4 Å². The second kappa shape index (κ2) is 10.4. The predicted molar refractivity (Wildman–Crippen MR) is 149 cm³/mol. The molecule has 0 radical (unpaired) electrons. The summed E-state index contributed by atoms with van der Waals surface area (Å²) in [5.74, 6) is -4.68. The third-order valence-corrected chi connectivity index (χ3v) is 10.6. The summed E-state index contributed by atoms with van der Waals surface area (Å²) in [7, 11) is -0.192. The SMILES string of the molecule is Nc1nc2c(ncn2[C@@H]2OC3CPC[C@H]4[C@H](F)[C@H](n5cnc6c(N)ncnc65)O[C@@H]4COP(O)(=S)O[C@@H]2C3(F)F)c(=O)[nH]1. The van der Waals surface area contributed by atoms with E-state index in [1.165, 1.54) is 17.2 Å². The first-order valence-electron chi connectivity index (χ1n) is 12.8. The van der Waals surface area contributed by atoms with E-state index in [0.717, 1.165) is 10.9 Å². The summed E-state index contributed by atoms with van der Waals surface area (Å²) in [4.78, 5) is 45.6. The zero-order chi connectivity index (χ0) is 30.3. The van der Waals surface area contributed by atoms with E-state index in [1.54, 1.807) is 0 Å². The Morgan fingerprint density at radius 2 is 1.84 bits per heavy atom. The van der Waals surface area contributed by atoms with E-state index in [-0.39, 0.29) is 55.0 Å². The number of fused-ring (bicyclic) bond motifs is 5. The fourth-order valence-electron chi connectivity index (χ4n) is 5.53. The summed E-state index contributed by atoms with van der Waals surface area (Å²) in [6.07, 6.45) is -5.66. The lowest BCUT2D eigenvalue weighted by molar-refractivity contribution is -0.102. The van der Waals surface area contributed by atoms with E-state index < -0.39 is 67.7 Å². The quantitative estimate of drug-likeness (QED) is 0.219. The van der Waals surface area contributed by atoms with Crippen LogP contribution in [-0.2, 0) is 30.3 Å². The first kappa shape index (κ1) is 28.9. The number of alkyl halides is 3. The van der Waals surface area contributed by atoms with Crippen molar-refractivity contribution >= 4 is 61.2 Å². The molecule has 43 heavy (non-hydrogen) atoms. The highest BCUT2D eigenvalue weighted by Crippen LogP contribution is 2.56. The lowest BCUT2D eigenvalue weighted by atomic mass is 10.0. The van der Waals surface area contributed by atoms with Gasteiger partial charge in [-0.3, -0.25) is 23.4 Å². The van der Waals surface area contributed by atoms with Crippen molar-refractivity contribution in [2.45, 2.75) is 42.9 Å². The van der Waals surface area contributed by atoms with Crippen molar-refractivity contribution in [3.63, 3.8) is 0 Å².